The van der Waals surface area contributed by atoms with Gasteiger partial charge in [-0.25, -0.2) is 9.79 Å². The van der Waals surface area contributed by atoms with Gasteiger partial charge in [-0.3, -0.25) is 4.57 Å². The predicted molar refractivity (Wildman–Crippen MR) is 65.7 cm³/mol. The van der Waals surface area contributed by atoms with Crippen molar-refractivity contribution in [2.75, 3.05) is 6.54 Å². The van der Waals surface area contributed by atoms with Gasteiger partial charge in [-0.15, -0.1) is 0 Å². The van der Waals surface area contributed by atoms with Crippen LogP contribution in [-0.2, 0) is 15.8 Å². The fourth-order valence-corrected chi connectivity index (χ4v) is 0.998. The lowest BCUT2D eigenvalue weighted by Crippen LogP contribution is -1.79. The maximum atomic E-state index is 9.71. The number of benzene rings is 1. The Kier molecular flexibility index (Phi) is 10.0. The van der Waals surface area contributed by atoms with E-state index >= 15 is 0 Å². The van der Waals surface area contributed by atoms with Crippen molar-refractivity contribution in [2.45, 2.75) is 6.42 Å². The quantitative estimate of drug-likeness (QED) is 0.369. The van der Waals surface area contributed by atoms with Crippen molar-refractivity contribution < 1.29 is 19.1 Å². The zero-order valence-electron chi connectivity index (χ0n) is 9.11. The average molecular weight is 255 g/mol. The van der Waals surface area contributed by atoms with Crippen molar-refractivity contribution in [3.8, 4) is 0 Å². The SMILES string of the molecule is O=C=NCC=CCc1ccccc1.O=[PH](O)O. The van der Waals surface area contributed by atoms with E-state index in [1.54, 1.807) is 0 Å². The second-order valence-corrected chi connectivity index (χ2v) is 3.44. The Morgan fingerprint density at radius 3 is 2.35 bits per heavy atom. The van der Waals surface area contributed by atoms with Gasteiger partial charge < -0.3 is 9.79 Å². The number of carbonyl (C=O) groups excluding carboxylic acids is 1. The van der Waals surface area contributed by atoms with E-state index in [2.05, 4.69) is 17.1 Å². The Labute approximate surface area is 100 Å². The molecular weight excluding hydrogens is 241 g/mol. The molecule has 0 fully saturated rings. The van der Waals surface area contributed by atoms with Crippen LogP contribution in [0.3, 0.4) is 0 Å². The summed E-state index contributed by atoms with van der Waals surface area (Å²) in [6.45, 7) is 0.427. The molecule has 1 rings (SSSR count). The van der Waals surface area contributed by atoms with Gasteiger partial charge in [-0.1, -0.05) is 42.5 Å². The lowest BCUT2D eigenvalue weighted by atomic mass is 10.1. The third-order valence-corrected chi connectivity index (χ3v) is 1.62. The normalized spacial score (nSPS) is 9.59. The third-order valence-electron chi connectivity index (χ3n) is 1.62. The number of allylic oxidation sites excluding steroid dienone is 1. The first-order chi connectivity index (χ1) is 8.16. The highest BCUT2D eigenvalue weighted by atomic mass is 31.1. The molecule has 0 aliphatic rings. The van der Waals surface area contributed by atoms with Gasteiger partial charge in [0.05, 0.1) is 6.54 Å². The van der Waals surface area contributed by atoms with E-state index in [0.717, 1.165) is 6.42 Å². The van der Waals surface area contributed by atoms with E-state index in [1.807, 2.05) is 30.4 Å². The van der Waals surface area contributed by atoms with Crippen molar-refractivity contribution in [3.05, 3.63) is 48.0 Å². The van der Waals surface area contributed by atoms with Crippen LogP contribution in [0.25, 0.3) is 0 Å². The number of isocyanates is 1. The molecule has 0 amide bonds. The first kappa shape index (κ1) is 15.5. The van der Waals surface area contributed by atoms with Crippen LogP contribution in [0.2, 0.25) is 0 Å². The Morgan fingerprint density at radius 1 is 1.24 bits per heavy atom. The van der Waals surface area contributed by atoms with Crippen LogP contribution in [0, 0.1) is 0 Å². The summed E-state index contributed by atoms with van der Waals surface area (Å²) in [6, 6.07) is 10.1. The van der Waals surface area contributed by atoms with Crippen LogP contribution < -0.4 is 0 Å². The minimum Gasteiger partial charge on any atom is -0.326 e. The zero-order valence-corrected chi connectivity index (χ0v) is 10.1. The lowest BCUT2D eigenvalue weighted by molar-refractivity contribution is 0.405. The largest absolute Gasteiger partial charge is 0.326 e. The van der Waals surface area contributed by atoms with Crippen molar-refractivity contribution in [1.82, 2.24) is 0 Å². The molecule has 17 heavy (non-hydrogen) atoms. The molecule has 0 radical (unpaired) electrons. The van der Waals surface area contributed by atoms with E-state index < -0.39 is 8.25 Å². The van der Waals surface area contributed by atoms with Gasteiger partial charge in [-0.05, 0) is 12.0 Å². The topological polar surface area (TPSA) is 87.0 Å². The van der Waals surface area contributed by atoms with Crippen molar-refractivity contribution in [3.63, 3.8) is 0 Å². The molecule has 0 aliphatic heterocycles. The summed E-state index contributed by atoms with van der Waals surface area (Å²) in [5, 5.41) is 0. The van der Waals surface area contributed by atoms with E-state index in [4.69, 9.17) is 14.4 Å². The molecule has 92 valence electrons. The summed E-state index contributed by atoms with van der Waals surface area (Å²) in [5.74, 6) is 0. The van der Waals surface area contributed by atoms with Crippen LogP contribution in [-0.4, -0.2) is 22.4 Å². The smallest absolute Gasteiger partial charge is 0.314 e. The summed E-state index contributed by atoms with van der Waals surface area (Å²) in [4.78, 5) is 27.4. The summed E-state index contributed by atoms with van der Waals surface area (Å²) in [5.41, 5.74) is 1.26. The zero-order chi connectivity index (χ0) is 12.9. The Balaban J connectivity index is 0.000000557. The van der Waals surface area contributed by atoms with Crippen LogP contribution >= 0.6 is 8.25 Å². The minimum absolute atomic E-state index is 0.427. The van der Waals surface area contributed by atoms with Crippen LogP contribution in [0.5, 0.6) is 0 Å². The number of hydrogen-bond donors (Lipinski definition) is 2. The number of aliphatic imine (C=N–C) groups is 1. The van der Waals surface area contributed by atoms with Crippen molar-refractivity contribution in [1.29, 1.82) is 0 Å². The van der Waals surface area contributed by atoms with Crippen molar-refractivity contribution >= 4 is 14.3 Å². The fourth-order valence-electron chi connectivity index (χ4n) is 0.998. The molecule has 0 unspecified atom stereocenters. The molecule has 0 atom stereocenters. The van der Waals surface area contributed by atoms with Gasteiger partial charge in [0.2, 0.25) is 6.08 Å². The van der Waals surface area contributed by atoms with Crippen LogP contribution in [0.15, 0.2) is 47.5 Å². The molecule has 0 aromatic heterocycles. The van der Waals surface area contributed by atoms with Gasteiger partial charge in [-0.2, -0.15) is 0 Å². The standard InChI is InChI=1S/C11H11NO.H3O3P/c13-10-12-9-5-4-8-11-6-2-1-3-7-11;1-4(2)3/h1-7H,8-9H2;4H,(H2,1,2,3). The highest BCUT2D eigenvalue weighted by Gasteiger charge is 1.84. The molecular formula is C11H14NO4P. The Hall–Kier alpha value is -1.51. The summed E-state index contributed by atoms with van der Waals surface area (Å²) >= 11 is 0. The van der Waals surface area contributed by atoms with Gasteiger partial charge in [0, 0.05) is 0 Å². The summed E-state index contributed by atoms with van der Waals surface area (Å²) in [7, 11) is -3.13. The number of rotatable bonds is 4. The summed E-state index contributed by atoms with van der Waals surface area (Å²) in [6.07, 6.45) is 6.23. The minimum atomic E-state index is -3.13. The average Bonchev–Trinajstić information content (AvgIpc) is 2.29. The summed E-state index contributed by atoms with van der Waals surface area (Å²) < 4.78 is 8.74. The van der Waals surface area contributed by atoms with Gasteiger partial charge in [0.15, 0.2) is 0 Å². The fraction of sp³-hybridized carbons (Fsp3) is 0.182. The number of nitrogens with zero attached hydrogens (tertiary/aromatic N) is 1. The van der Waals surface area contributed by atoms with E-state index in [9.17, 15) is 4.79 Å². The van der Waals surface area contributed by atoms with Crippen LogP contribution in [0.1, 0.15) is 5.56 Å². The molecule has 6 heteroatoms. The molecule has 1 aromatic carbocycles. The Bertz CT molecular complexity index is 395. The van der Waals surface area contributed by atoms with E-state index in [-0.39, 0.29) is 0 Å². The second kappa shape index (κ2) is 11.0. The Morgan fingerprint density at radius 2 is 1.82 bits per heavy atom. The predicted octanol–water partition coefficient (Wildman–Crippen LogP) is 1.48. The molecule has 0 bridgehead atoms. The monoisotopic (exact) mass is 255 g/mol. The van der Waals surface area contributed by atoms with Crippen molar-refractivity contribution in [2.24, 2.45) is 4.99 Å². The maximum absolute atomic E-state index is 9.71. The molecule has 0 saturated heterocycles. The van der Waals surface area contributed by atoms with E-state index in [0.29, 0.717) is 6.54 Å². The third kappa shape index (κ3) is 12.4. The molecule has 0 aliphatic carbocycles. The van der Waals surface area contributed by atoms with Gasteiger partial charge >= 0.3 is 8.25 Å². The lowest BCUT2D eigenvalue weighted by Gasteiger charge is -1.92. The molecule has 2 N–H and O–H groups in total. The first-order valence-corrected chi connectivity index (χ1v) is 6.11. The molecule has 0 spiro atoms. The van der Waals surface area contributed by atoms with Gasteiger partial charge in [0.1, 0.15) is 0 Å². The first-order valence-electron chi connectivity index (χ1n) is 4.81. The van der Waals surface area contributed by atoms with Crippen LogP contribution in [0.4, 0.5) is 0 Å². The molecule has 5 nitrogen and oxygen atoms in total. The molecule has 0 saturated carbocycles. The highest BCUT2D eigenvalue weighted by Crippen LogP contribution is 1.99. The second-order valence-electron chi connectivity index (χ2n) is 2.88. The maximum Gasteiger partial charge on any atom is 0.314 e. The molecule has 0 heterocycles. The number of hydrogen-bond acceptors (Lipinski definition) is 3. The van der Waals surface area contributed by atoms with Gasteiger partial charge in [0.25, 0.3) is 0 Å². The van der Waals surface area contributed by atoms with E-state index in [1.165, 1.54) is 11.6 Å². The highest BCUT2D eigenvalue weighted by molar-refractivity contribution is 7.30. The molecule has 1 aromatic rings.